The number of hydrogen-bond acceptors (Lipinski definition) is 4. The summed E-state index contributed by atoms with van der Waals surface area (Å²) in [7, 11) is -4.01. The molecule has 0 radical (unpaired) electrons. The van der Waals surface area contributed by atoms with E-state index in [2.05, 4.69) is 0 Å². The van der Waals surface area contributed by atoms with Gasteiger partial charge in [0, 0.05) is 50.1 Å². The predicted octanol–water partition coefficient (Wildman–Crippen LogP) is 2.80. The van der Waals surface area contributed by atoms with Gasteiger partial charge in [-0.2, -0.15) is 0 Å². The van der Waals surface area contributed by atoms with E-state index in [1.807, 2.05) is 0 Å². The van der Waals surface area contributed by atoms with Crippen LogP contribution < -0.4 is 5.73 Å². The van der Waals surface area contributed by atoms with Gasteiger partial charge in [-0.3, -0.25) is 4.79 Å². The molecule has 2 bridgehead atoms. The van der Waals surface area contributed by atoms with Crippen LogP contribution in [0.4, 0.5) is 22.0 Å². The topological polar surface area (TPSA) is 83.7 Å². The average Bonchev–Trinajstić information content (AvgIpc) is 3.01. The monoisotopic (exact) mass is 509 g/mol. The van der Waals surface area contributed by atoms with Crippen molar-refractivity contribution in [2.24, 2.45) is 11.7 Å². The van der Waals surface area contributed by atoms with E-state index in [9.17, 15) is 35.2 Å². The fraction of sp³-hybridized carbons (Fsp3) is 0.682. The molecule has 0 saturated carbocycles. The largest absolute Gasteiger partial charge is 0.336 e. The minimum Gasteiger partial charge on any atom is -0.336 e. The number of piperidine rings is 2. The van der Waals surface area contributed by atoms with Crippen molar-refractivity contribution in [2.75, 3.05) is 18.8 Å². The molecule has 2 N–H and O–H groups in total. The fourth-order valence-corrected chi connectivity index (χ4v) is 6.91. The Bertz CT molecular complexity index is 1030. The van der Waals surface area contributed by atoms with Crippen molar-refractivity contribution in [2.45, 2.75) is 69.0 Å². The Balaban J connectivity index is 1.37. The molecule has 0 spiro atoms. The number of nitrogens with zero attached hydrogens (tertiary/aromatic N) is 2. The van der Waals surface area contributed by atoms with E-state index >= 15 is 0 Å². The minimum absolute atomic E-state index is 0.00899. The molecule has 1 aromatic carbocycles. The Labute approximate surface area is 195 Å². The lowest BCUT2D eigenvalue weighted by Gasteiger charge is -2.41. The lowest BCUT2D eigenvalue weighted by atomic mass is 9.82. The van der Waals surface area contributed by atoms with Crippen LogP contribution in [0, 0.1) is 23.4 Å². The molecule has 3 saturated heterocycles. The highest BCUT2D eigenvalue weighted by Crippen LogP contribution is 2.40. The van der Waals surface area contributed by atoms with Crippen molar-refractivity contribution in [1.82, 2.24) is 9.21 Å². The van der Waals surface area contributed by atoms with Gasteiger partial charge in [-0.05, 0) is 49.7 Å². The number of hydrogen-bond donors (Lipinski definition) is 1. The molecule has 190 valence electrons. The number of fused-ring (bicyclic) bond motifs is 2. The highest BCUT2D eigenvalue weighted by molar-refractivity contribution is 7.89. The number of halogens is 5. The second-order valence-electron chi connectivity index (χ2n) is 9.65. The molecule has 3 unspecified atom stereocenters. The number of carbonyl (C=O) groups is 1. The van der Waals surface area contributed by atoms with Crippen LogP contribution in [0.2, 0.25) is 0 Å². The maximum atomic E-state index is 14.0. The molecule has 4 rings (SSSR count). The first-order valence-electron chi connectivity index (χ1n) is 11.4. The SMILES string of the molecule is NC(Cc1cc(F)c(F)cc1F)C1CC2CCC(C1)N2C(=O)CS(=O)(=O)N1CCC(F)(F)CC1. The van der Waals surface area contributed by atoms with Gasteiger partial charge in [0.05, 0.1) is 0 Å². The molecule has 0 aliphatic carbocycles. The van der Waals surface area contributed by atoms with E-state index < -0.39 is 63.9 Å². The maximum absolute atomic E-state index is 14.0. The standard InChI is InChI=1S/C22H28F5N3O3S/c23-17-11-19(25)18(24)9-13(17)10-20(28)14-7-15-1-2-16(8-14)30(15)21(31)12-34(32,33)29-5-3-22(26,27)4-6-29/h9,11,14-16,20H,1-8,10,12,28H2. The molecule has 6 nitrogen and oxygen atoms in total. The molecule has 0 aromatic heterocycles. The molecule has 3 atom stereocenters. The fourth-order valence-electron chi connectivity index (χ4n) is 5.53. The molecule has 34 heavy (non-hydrogen) atoms. The zero-order chi connectivity index (χ0) is 24.8. The molecule has 3 aliphatic rings. The summed E-state index contributed by atoms with van der Waals surface area (Å²) >= 11 is 0. The number of carbonyl (C=O) groups excluding carboxylic acids is 1. The summed E-state index contributed by atoms with van der Waals surface area (Å²) in [5.41, 5.74) is 6.26. The summed E-state index contributed by atoms with van der Waals surface area (Å²) in [6, 6.07) is 0.306. The zero-order valence-electron chi connectivity index (χ0n) is 18.5. The minimum atomic E-state index is -4.01. The lowest BCUT2D eigenvalue weighted by Crippen LogP contribution is -2.53. The first kappa shape index (κ1) is 25.3. The van der Waals surface area contributed by atoms with Crippen LogP contribution in [0.25, 0.3) is 0 Å². The highest BCUT2D eigenvalue weighted by Gasteiger charge is 2.46. The molecule has 1 amide bonds. The van der Waals surface area contributed by atoms with Gasteiger partial charge in [0.1, 0.15) is 11.6 Å². The van der Waals surface area contributed by atoms with Crippen LogP contribution in [0.1, 0.15) is 44.1 Å². The third-order valence-electron chi connectivity index (χ3n) is 7.36. The summed E-state index contributed by atoms with van der Waals surface area (Å²) in [5.74, 6) is -7.60. The number of nitrogens with two attached hydrogens (primary N) is 1. The van der Waals surface area contributed by atoms with Crippen LogP contribution >= 0.6 is 0 Å². The predicted molar refractivity (Wildman–Crippen MR) is 114 cm³/mol. The number of sulfonamides is 1. The molecule has 3 fully saturated rings. The van der Waals surface area contributed by atoms with Gasteiger partial charge in [-0.15, -0.1) is 0 Å². The number of amides is 1. The molecule has 12 heteroatoms. The third-order valence-corrected chi connectivity index (χ3v) is 9.12. The van der Waals surface area contributed by atoms with E-state index in [0.717, 1.165) is 10.4 Å². The van der Waals surface area contributed by atoms with Gasteiger partial charge in [0.15, 0.2) is 11.6 Å². The quantitative estimate of drug-likeness (QED) is 0.472. The lowest BCUT2D eigenvalue weighted by molar-refractivity contribution is -0.133. The van der Waals surface area contributed by atoms with Crippen LogP contribution in [0.5, 0.6) is 0 Å². The Morgan fingerprint density at radius 1 is 1.03 bits per heavy atom. The third kappa shape index (κ3) is 5.23. The van der Waals surface area contributed by atoms with Crippen LogP contribution in [-0.2, 0) is 21.2 Å². The van der Waals surface area contributed by atoms with Crippen molar-refractivity contribution in [3.05, 3.63) is 35.1 Å². The van der Waals surface area contributed by atoms with Gasteiger partial charge >= 0.3 is 0 Å². The van der Waals surface area contributed by atoms with E-state index in [0.29, 0.717) is 31.7 Å². The molecular weight excluding hydrogens is 481 g/mol. The second kappa shape index (κ2) is 9.34. The van der Waals surface area contributed by atoms with Crippen molar-refractivity contribution in [3.8, 4) is 0 Å². The summed E-state index contributed by atoms with van der Waals surface area (Å²) in [5, 5.41) is 0. The van der Waals surface area contributed by atoms with E-state index in [1.165, 1.54) is 0 Å². The first-order chi connectivity index (χ1) is 15.9. The van der Waals surface area contributed by atoms with Gasteiger partial charge in [-0.25, -0.2) is 34.7 Å². The molecule has 3 heterocycles. The number of alkyl halides is 2. The Kier molecular flexibility index (Phi) is 6.96. The van der Waals surface area contributed by atoms with Gasteiger partial charge in [0.2, 0.25) is 15.9 Å². The van der Waals surface area contributed by atoms with Crippen molar-refractivity contribution < 1.29 is 35.2 Å². The summed E-state index contributed by atoms with van der Waals surface area (Å²) in [6.07, 6.45) is 1.22. The molecular formula is C22H28F5N3O3S. The van der Waals surface area contributed by atoms with Crippen molar-refractivity contribution >= 4 is 15.9 Å². The molecule has 1 aromatic rings. The van der Waals surface area contributed by atoms with E-state index in [1.54, 1.807) is 4.90 Å². The second-order valence-corrected chi connectivity index (χ2v) is 11.6. The number of rotatable bonds is 6. The number of benzene rings is 1. The normalized spacial score (nSPS) is 28.2. The van der Waals surface area contributed by atoms with Crippen molar-refractivity contribution in [1.29, 1.82) is 0 Å². The van der Waals surface area contributed by atoms with Crippen LogP contribution in [0.15, 0.2) is 12.1 Å². The van der Waals surface area contributed by atoms with E-state index in [4.69, 9.17) is 5.73 Å². The van der Waals surface area contributed by atoms with Gasteiger partial charge in [-0.1, -0.05) is 0 Å². The first-order valence-corrected chi connectivity index (χ1v) is 13.0. The van der Waals surface area contributed by atoms with Crippen molar-refractivity contribution in [3.63, 3.8) is 0 Å². The smallest absolute Gasteiger partial charge is 0.250 e. The highest BCUT2D eigenvalue weighted by atomic mass is 32.2. The van der Waals surface area contributed by atoms with E-state index in [-0.39, 0.29) is 43.1 Å². The Morgan fingerprint density at radius 2 is 1.59 bits per heavy atom. The average molecular weight is 510 g/mol. The Morgan fingerprint density at radius 3 is 2.18 bits per heavy atom. The van der Waals surface area contributed by atoms with Gasteiger partial charge < -0.3 is 10.6 Å². The van der Waals surface area contributed by atoms with Crippen LogP contribution in [0.3, 0.4) is 0 Å². The maximum Gasteiger partial charge on any atom is 0.250 e. The van der Waals surface area contributed by atoms with Crippen LogP contribution in [-0.4, -0.2) is 66.4 Å². The zero-order valence-corrected chi connectivity index (χ0v) is 19.3. The molecule has 3 aliphatic heterocycles. The summed E-state index contributed by atoms with van der Waals surface area (Å²) < 4.78 is 93.8. The Hall–Kier alpha value is -1.79. The summed E-state index contributed by atoms with van der Waals surface area (Å²) in [4.78, 5) is 14.5. The summed E-state index contributed by atoms with van der Waals surface area (Å²) in [6.45, 7) is -0.625. The van der Waals surface area contributed by atoms with Gasteiger partial charge in [0.25, 0.3) is 5.92 Å².